The Bertz CT molecular complexity index is 226. The summed E-state index contributed by atoms with van der Waals surface area (Å²) in [7, 11) is 0. The van der Waals surface area contributed by atoms with Crippen molar-refractivity contribution in [2.45, 2.75) is 13.2 Å². The minimum atomic E-state index is -0.194. The second-order valence-electron chi connectivity index (χ2n) is 2.56. The molecule has 0 saturated carbocycles. The van der Waals surface area contributed by atoms with E-state index in [2.05, 4.69) is 15.9 Å². The van der Waals surface area contributed by atoms with Gasteiger partial charge in [0.15, 0.2) is 6.29 Å². The molecule has 0 radical (unpaired) electrons. The predicted octanol–water partition coefficient (Wildman–Crippen LogP) is 2.82. The largest absolute Gasteiger partial charge is 0.465 e. The van der Waals surface area contributed by atoms with Crippen LogP contribution in [0.1, 0.15) is 6.92 Å². The van der Waals surface area contributed by atoms with Gasteiger partial charge in [-0.3, -0.25) is 0 Å². The highest BCUT2D eigenvalue weighted by Gasteiger charge is 2.01. The molecule has 3 heteroatoms. The third-order valence-corrected chi connectivity index (χ3v) is 1.80. The van der Waals surface area contributed by atoms with Crippen LogP contribution in [0.3, 0.4) is 0 Å². The monoisotopic (exact) mass is 244 g/mol. The molecule has 13 heavy (non-hydrogen) atoms. The molecule has 0 fully saturated rings. The van der Waals surface area contributed by atoms with Crippen LogP contribution in [0.2, 0.25) is 0 Å². The number of halogens is 1. The van der Waals surface area contributed by atoms with E-state index < -0.39 is 0 Å². The molecule has 0 N–H and O–H groups in total. The van der Waals surface area contributed by atoms with E-state index in [9.17, 15) is 0 Å². The molecule has 2 nitrogen and oxygen atoms in total. The average molecular weight is 245 g/mol. The summed E-state index contributed by atoms with van der Waals surface area (Å²) >= 11 is 3.28. The standard InChI is InChI=1S/C10H13BrO2/c1-9(12-8-7-11)13-10-5-3-2-4-6-10/h2-6,9H,7-8H2,1H3. The van der Waals surface area contributed by atoms with Gasteiger partial charge in [0.2, 0.25) is 0 Å². The topological polar surface area (TPSA) is 18.5 Å². The summed E-state index contributed by atoms with van der Waals surface area (Å²) in [5.41, 5.74) is 0. The first kappa shape index (κ1) is 10.5. The van der Waals surface area contributed by atoms with Crippen LogP contribution in [0, 0.1) is 0 Å². The Balaban J connectivity index is 2.32. The number of hydrogen-bond acceptors (Lipinski definition) is 2. The first-order valence-corrected chi connectivity index (χ1v) is 5.34. The zero-order valence-electron chi connectivity index (χ0n) is 7.57. The van der Waals surface area contributed by atoms with Gasteiger partial charge in [0, 0.05) is 5.33 Å². The first-order valence-electron chi connectivity index (χ1n) is 4.22. The number of ether oxygens (including phenoxy) is 2. The van der Waals surface area contributed by atoms with Gasteiger partial charge in [0.25, 0.3) is 0 Å². The molecule has 0 bridgehead atoms. The molecule has 0 aromatic heterocycles. The SMILES string of the molecule is CC(OCCBr)Oc1ccccc1. The average Bonchev–Trinajstić information content (AvgIpc) is 2.16. The van der Waals surface area contributed by atoms with E-state index in [1.165, 1.54) is 0 Å². The summed E-state index contributed by atoms with van der Waals surface area (Å²) in [4.78, 5) is 0. The fraction of sp³-hybridized carbons (Fsp3) is 0.400. The van der Waals surface area contributed by atoms with Gasteiger partial charge in [-0.2, -0.15) is 0 Å². The summed E-state index contributed by atoms with van der Waals surface area (Å²) in [6.45, 7) is 2.55. The zero-order chi connectivity index (χ0) is 9.52. The highest BCUT2D eigenvalue weighted by atomic mass is 79.9. The van der Waals surface area contributed by atoms with Crippen LogP contribution < -0.4 is 4.74 Å². The van der Waals surface area contributed by atoms with E-state index in [4.69, 9.17) is 9.47 Å². The second kappa shape index (κ2) is 6.00. The molecule has 1 aromatic carbocycles. The van der Waals surface area contributed by atoms with Gasteiger partial charge in [-0.1, -0.05) is 34.1 Å². The van der Waals surface area contributed by atoms with Gasteiger partial charge >= 0.3 is 0 Å². The van der Waals surface area contributed by atoms with Crippen molar-refractivity contribution >= 4 is 15.9 Å². The van der Waals surface area contributed by atoms with Crippen LogP contribution in [0.15, 0.2) is 30.3 Å². The molecule has 1 atom stereocenters. The maximum absolute atomic E-state index is 5.47. The lowest BCUT2D eigenvalue weighted by molar-refractivity contribution is -0.0599. The quantitative estimate of drug-likeness (QED) is 0.586. The van der Waals surface area contributed by atoms with Crippen molar-refractivity contribution in [2.75, 3.05) is 11.9 Å². The van der Waals surface area contributed by atoms with Crippen LogP contribution in [-0.4, -0.2) is 18.2 Å². The van der Waals surface area contributed by atoms with Crippen molar-refractivity contribution in [3.8, 4) is 5.75 Å². The van der Waals surface area contributed by atoms with Crippen LogP contribution in [-0.2, 0) is 4.74 Å². The smallest absolute Gasteiger partial charge is 0.197 e. The highest BCUT2D eigenvalue weighted by molar-refractivity contribution is 9.09. The molecular formula is C10H13BrO2. The number of rotatable bonds is 5. The third kappa shape index (κ3) is 4.29. The fourth-order valence-electron chi connectivity index (χ4n) is 0.935. The van der Waals surface area contributed by atoms with Crippen LogP contribution in [0.25, 0.3) is 0 Å². The minimum Gasteiger partial charge on any atom is -0.465 e. The van der Waals surface area contributed by atoms with E-state index in [1.54, 1.807) is 0 Å². The summed E-state index contributed by atoms with van der Waals surface area (Å²) in [5.74, 6) is 0.838. The van der Waals surface area contributed by atoms with E-state index in [1.807, 2.05) is 37.3 Å². The van der Waals surface area contributed by atoms with Gasteiger partial charge in [-0.25, -0.2) is 0 Å². The van der Waals surface area contributed by atoms with Gasteiger partial charge in [-0.15, -0.1) is 0 Å². The first-order chi connectivity index (χ1) is 6.33. The van der Waals surface area contributed by atoms with E-state index in [-0.39, 0.29) is 6.29 Å². The zero-order valence-corrected chi connectivity index (χ0v) is 9.16. The molecule has 0 aliphatic heterocycles. The second-order valence-corrected chi connectivity index (χ2v) is 3.35. The van der Waals surface area contributed by atoms with Crippen molar-refractivity contribution in [1.82, 2.24) is 0 Å². The lowest BCUT2D eigenvalue weighted by Gasteiger charge is -2.14. The third-order valence-electron chi connectivity index (χ3n) is 1.47. The fourth-order valence-corrected chi connectivity index (χ4v) is 1.12. The Morgan fingerprint density at radius 2 is 2.00 bits per heavy atom. The Hall–Kier alpha value is -0.540. The minimum absolute atomic E-state index is 0.194. The normalized spacial score (nSPS) is 12.5. The summed E-state index contributed by atoms with van der Waals surface area (Å²) in [6, 6.07) is 9.65. The Labute approximate surface area is 87.0 Å². The van der Waals surface area contributed by atoms with Crippen LogP contribution in [0.4, 0.5) is 0 Å². The molecule has 1 unspecified atom stereocenters. The van der Waals surface area contributed by atoms with Crippen molar-refractivity contribution in [3.05, 3.63) is 30.3 Å². The van der Waals surface area contributed by atoms with Crippen molar-refractivity contribution < 1.29 is 9.47 Å². The number of para-hydroxylation sites is 1. The van der Waals surface area contributed by atoms with Crippen molar-refractivity contribution in [1.29, 1.82) is 0 Å². The van der Waals surface area contributed by atoms with Gasteiger partial charge in [0.05, 0.1) is 6.61 Å². The van der Waals surface area contributed by atoms with Gasteiger partial charge < -0.3 is 9.47 Å². The molecule has 0 saturated heterocycles. The molecule has 0 spiro atoms. The summed E-state index contributed by atoms with van der Waals surface area (Å²) in [5, 5.41) is 0.829. The van der Waals surface area contributed by atoms with Crippen molar-refractivity contribution in [2.24, 2.45) is 0 Å². The molecule has 0 aliphatic carbocycles. The number of benzene rings is 1. The lowest BCUT2D eigenvalue weighted by Crippen LogP contribution is -2.17. The van der Waals surface area contributed by atoms with Crippen LogP contribution in [0.5, 0.6) is 5.75 Å². The summed E-state index contributed by atoms with van der Waals surface area (Å²) < 4.78 is 10.8. The predicted molar refractivity (Wildman–Crippen MR) is 56.3 cm³/mol. The molecule has 1 aromatic rings. The Morgan fingerprint density at radius 3 is 2.62 bits per heavy atom. The van der Waals surface area contributed by atoms with Crippen molar-refractivity contribution in [3.63, 3.8) is 0 Å². The number of hydrogen-bond donors (Lipinski definition) is 0. The molecular weight excluding hydrogens is 232 g/mol. The molecule has 0 aliphatic rings. The van der Waals surface area contributed by atoms with E-state index in [0.717, 1.165) is 11.1 Å². The maximum atomic E-state index is 5.47. The number of alkyl halides is 1. The summed E-state index contributed by atoms with van der Waals surface area (Å²) in [6.07, 6.45) is -0.194. The molecule has 1 rings (SSSR count). The van der Waals surface area contributed by atoms with E-state index in [0.29, 0.717) is 6.61 Å². The van der Waals surface area contributed by atoms with Crippen LogP contribution >= 0.6 is 15.9 Å². The maximum Gasteiger partial charge on any atom is 0.197 e. The highest BCUT2D eigenvalue weighted by Crippen LogP contribution is 2.10. The van der Waals surface area contributed by atoms with Gasteiger partial charge in [-0.05, 0) is 19.1 Å². The lowest BCUT2D eigenvalue weighted by atomic mass is 10.3. The Morgan fingerprint density at radius 1 is 1.31 bits per heavy atom. The van der Waals surface area contributed by atoms with E-state index >= 15 is 0 Å². The molecule has 0 heterocycles. The molecule has 0 amide bonds. The van der Waals surface area contributed by atoms with Gasteiger partial charge in [0.1, 0.15) is 5.75 Å². The Kier molecular flexibility index (Phi) is 4.86. The molecule has 72 valence electrons.